The van der Waals surface area contributed by atoms with Gasteiger partial charge in [-0.05, 0) is 49.9 Å². The predicted octanol–water partition coefficient (Wildman–Crippen LogP) is 2.80. The molecule has 2 aromatic carbocycles. The molecule has 1 N–H and O–H groups in total. The van der Waals surface area contributed by atoms with E-state index in [1.165, 1.54) is 18.7 Å². The molecule has 3 aromatic rings. The van der Waals surface area contributed by atoms with Crippen molar-refractivity contribution >= 4 is 27.0 Å². The molecule has 9 nitrogen and oxygen atoms in total. The number of hydrogen-bond acceptors (Lipinski definition) is 6. The fraction of sp³-hybridized carbons (Fsp3) is 0.480. The molecule has 35 heavy (non-hydrogen) atoms. The van der Waals surface area contributed by atoms with Crippen LogP contribution in [0.1, 0.15) is 44.7 Å². The first kappa shape index (κ1) is 25.3. The van der Waals surface area contributed by atoms with Crippen molar-refractivity contribution in [2.24, 2.45) is 0 Å². The van der Waals surface area contributed by atoms with Gasteiger partial charge in [0.1, 0.15) is 5.52 Å². The Kier molecular flexibility index (Phi) is 7.83. The van der Waals surface area contributed by atoms with Crippen molar-refractivity contribution in [1.29, 1.82) is 0 Å². The molecule has 0 aliphatic carbocycles. The maximum absolute atomic E-state index is 13.1. The van der Waals surface area contributed by atoms with E-state index in [2.05, 4.69) is 39.6 Å². The molecule has 0 spiro atoms. The van der Waals surface area contributed by atoms with Crippen molar-refractivity contribution in [1.82, 2.24) is 29.5 Å². The third-order valence-corrected chi connectivity index (χ3v) is 8.53. The normalized spacial score (nSPS) is 16.6. The summed E-state index contributed by atoms with van der Waals surface area (Å²) in [5.41, 5.74) is 2.59. The predicted molar refractivity (Wildman–Crippen MR) is 135 cm³/mol. The molecule has 1 atom stereocenters. The average molecular weight is 499 g/mol. The summed E-state index contributed by atoms with van der Waals surface area (Å²) < 4.78 is 29.1. The van der Waals surface area contributed by atoms with Crippen LogP contribution >= 0.6 is 0 Å². The first-order chi connectivity index (χ1) is 16.8. The highest BCUT2D eigenvalue weighted by atomic mass is 32.2. The Labute approximate surface area is 207 Å². The van der Waals surface area contributed by atoms with Crippen LogP contribution < -0.4 is 5.32 Å². The van der Waals surface area contributed by atoms with Crippen molar-refractivity contribution in [3.63, 3.8) is 0 Å². The summed E-state index contributed by atoms with van der Waals surface area (Å²) in [5, 5.41) is 11.3. The molecule has 1 saturated heterocycles. The minimum atomic E-state index is -3.84. The third-order valence-electron chi connectivity index (χ3n) is 6.73. The number of piperidine rings is 1. The molecule has 1 unspecified atom stereocenters. The largest absolute Gasteiger partial charge is 0.352 e. The number of nitrogens with zero attached hydrogens (tertiary/aromatic N) is 5. The van der Waals surface area contributed by atoms with Crippen LogP contribution in [-0.2, 0) is 21.4 Å². The number of hydrogen-bond donors (Lipinski definition) is 1. The van der Waals surface area contributed by atoms with Crippen LogP contribution in [0.5, 0.6) is 0 Å². The standard InChI is InChI=1S/C25H34N6O3S/c1-4-19(2)31-24-11-10-22(16-23(24)27-28-31)35(33,34)29(3)18-25(32)26-21-12-14-30(15-13-21)17-20-8-6-5-7-9-20/h5-11,16,19,21H,4,12-15,17-18H2,1-3H3,(H,26,32). The number of benzene rings is 2. The zero-order valence-corrected chi connectivity index (χ0v) is 21.4. The van der Waals surface area contributed by atoms with Crippen molar-refractivity contribution in [2.45, 2.75) is 56.6 Å². The second kappa shape index (κ2) is 10.8. The second-order valence-corrected chi connectivity index (χ2v) is 11.4. The van der Waals surface area contributed by atoms with Gasteiger partial charge in [-0.3, -0.25) is 9.69 Å². The number of sulfonamides is 1. The smallest absolute Gasteiger partial charge is 0.243 e. The number of aromatic nitrogens is 3. The van der Waals surface area contributed by atoms with Crippen molar-refractivity contribution in [2.75, 3.05) is 26.7 Å². The summed E-state index contributed by atoms with van der Waals surface area (Å²) in [6.07, 6.45) is 2.58. The summed E-state index contributed by atoms with van der Waals surface area (Å²) in [5.74, 6) is -0.290. The van der Waals surface area contributed by atoms with E-state index in [9.17, 15) is 13.2 Å². The van der Waals surface area contributed by atoms with Crippen LogP contribution in [0.3, 0.4) is 0 Å². The molecule has 0 bridgehead atoms. The van der Waals surface area contributed by atoms with Gasteiger partial charge >= 0.3 is 0 Å². The summed E-state index contributed by atoms with van der Waals surface area (Å²) in [6.45, 7) is 6.56. The number of likely N-dealkylation sites (N-methyl/N-ethyl adjacent to an activating group) is 1. The molecule has 0 radical (unpaired) electrons. The number of likely N-dealkylation sites (tertiary alicyclic amines) is 1. The molecule has 1 amide bonds. The fourth-order valence-electron chi connectivity index (χ4n) is 4.40. The molecule has 1 aliphatic rings. The van der Waals surface area contributed by atoms with Crippen LogP contribution in [0.15, 0.2) is 53.4 Å². The molecule has 1 aliphatic heterocycles. The van der Waals surface area contributed by atoms with Gasteiger partial charge in [0.15, 0.2) is 0 Å². The van der Waals surface area contributed by atoms with Crippen LogP contribution in [0.2, 0.25) is 0 Å². The molecule has 0 saturated carbocycles. The number of nitrogens with one attached hydrogen (secondary N) is 1. The quantitative estimate of drug-likeness (QED) is 0.487. The number of amides is 1. The van der Waals surface area contributed by atoms with Crippen LogP contribution in [0.4, 0.5) is 0 Å². The van der Waals surface area contributed by atoms with E-state index in [1.807, 2.05) is 25.1 Å². The topological polar surface area (TPSA) is 100 Å². The molecule has 188 valence electrons. The van der Waals surface area contributed by atoms with E-state index < -0.39 is 10.0 Å². The Hall–Kier alpha value is -2.82. The van der Waals surface area contributed by atoms with E-state index in [1.54, 1.807) is 16.8 Å². The molecule has 4 rings (SSSR count). The minimum absolute atomic E-state index is 0.0533. The van der Waals surface area contributed by atoms with E-state index in [0.717, 1.165) is 48.7 Å². The van der Waals surface area contributed by atoms with Gasteiger partial charge < -0.3 is 5.32 Å². The maximum Gasteiger partial charge on any atom is 0.243 e. The lowest BCUT2D eigenvalue weighted by Gasteiger charge is -2.32. The monoisotopic (exact) mass is 498 g/mol. The molecular weight excluding hydrogens is 464 g/mol. The summed E-state index contributed by atoms with van der Waals surface area (Å²) in [6, 6.07) is 15.4. The average Bonchev–Trinajstić information content (AvgIpc) is 3.28. The maximum atomic E-state index is 13.1. The SMILES string of the molecule is CCC(C)n1nnc2cc(S(=O)(=O)N(C)CC(=O)NC3CCN(Cc4ccccc4)CC3)ccc21. The van der Waals surface area contributed by atoms with Crippen molar-refractivity contribution in [3.8, 4) is 0 Å². The number of fused-ring (bicyclic) bond motifs is 1. The molecule has 1 aromatic heterocycles. The molecule has 10 heteroatoms. The van der Waals surface area contributed by atoms with Crippen LogP contribution in [0.25, 0.3) is 11.0 Å². The van der Waals surface area contributed by atoms with E-state index >= 15 is 0 Å². The Morgan fingerprint density at radius 1 is 1.17 bits per heavy atom. The number of rotatable bonds is 9. The molecule has 2 heterocycles. The first-order valence-electron chi connectivity index (χ1n) is 12.1. The Balaban J connectivity index is 1.31. The highest BCUT2D eigenvalue weighted by Crippen LogP contribution is 2.23. The Morgan fingerprint density at radius 2 is 1.89 bits per heavy atom. The van der Waals surface area contributed by atoms with Gasteiger partial charge in [-0.1, -0.05) is 42.5 Å². The van der Waals surface area contributed by atoms with E-state index in [-0.39, 0.29) is 29.4 Å². The summed E-state index contributed by atoms with van der Waals surface area (Å²) in [4.78, 5) is 15.1. The lowest BCUT2D eigenvalue weighted by molar-refractivity contribution is -0.122. The van der Waals surface area contributed by atoms with Gasteiger partial charge in [0.05, 0.1) is 23.0 Å². The zero-order chi connectivity index (χ0) is 25.0. The van der Waals surface area contributed by atoms with E-state index in [4.69, 9.17) is 0 Å². The van der Waals surface area contributed by atoms with E-state index in [0.29, 0.717) is 5.52 Å². The number of carbonyl (C=O) groups is 1. The molecule has 1 fully saturated rings. The second-order valence-electron chi connectivity index (χ2n) is 9.31. The van der Waals surface area contributed by atoms with Crippen molar-refractivity contribution in [3.05, 3.63) is 54.1 Å². The lowest BCUT2D eigenvalue weighted by Crippen LogP contribution is -2.47. The summed E-state index contributed by atoms with van der Waals surface area (Å²) >= 11 is 0. The Morgan fingerprint density at radius 3 is 2.57 bits per heavy atom. The Bertz CT molecular complexity index is 1250. The third kappa shape index (κ3) is 5.88. The molecular formula is C25H34N6O3S. The van der Waals surface area contributed by atoms with Gasteiger partial charge in [-0.2, -0.15) is 4.31 Å². The zero-order valence-electron chi connectivity index (χ0n) is 20.6. The van der Waals surface area contributed by atoms with Gasteiger partial charge in [0.25, 0.3) is 0 Å². The van der Waals surface area contributed by atoms with Crippen LogP contribution in [-0.4, -0.2) is 71.2 Å². The minimum Gasteiger partial charge on any atom is -0.352 e. The van der Waals surface area contributed by atoms with Gasteiger partial charge in [0, 0.05) is 32.7 Å². The van der Waals surface area contributed by atoms with Crippen LogP contribution in [0, 0.1) is 0 Å². The highest BCUT2D eigenvalue weighted by molar-refractivity contribution is 7.89. The van der Waals surface area contributed by atoms with Gasteiger partial charge in [-0.25, -0.2) is 13.1 Å². The number of carbonyl (C=O) groups excluding carboxylic acids is 1. The van der Waals surface area contributed by atoms with Gasteiger partial charge in [0.2, 0.25) is 15.9 Å². The first-order valence-corrected chi connectivity index (χ1v) is 13.6. The fourth-order valence-corrected chi connectivity index (χ4v) is 5.55. The lowest BCUT2D eigenvalue weighted by atomic mass is 10.0. The van der Waals surface area contributed by atoms with Gasteiger partial charge in [-0.15, -0.1) is 5.10 Å². The highest BCUT2D eigenvalue weighted by Gasteiger charge is 2.26. The van der Waals surface area contributed by atoms with Crippen molar-refractivity contribution < 1.29 is 13.2 Å². The summed E-state index contributed by atoms with van der Waals surface area (Å²) in [7, 11) is -2.41.